The molecule has 6 nitrogen and oxygen atoms in total. The average Bonchev–Trinajstić information content (AvgIpc) is 3.07. The summed E-state index contributed by atoms with van der Waals surface area (Å²) in [5, 5.41) is 2.86. The molecule has 1 saturated heterocycles. The number of hydrogen-bond donors (Lipinski definition) is 1. The fourth-order valence-electron chi connectivity index (χ4n) is 3.70. The van der Waals surface area contributed by atoms with E-state index in [0.29, 0.717) is 0 Å². The van der Waals surface area contributed by atoms with Gasteiger partial charge in [-0.15, -0.1) is 0 Å². The van der Waals surface area contributed by atoms with Crippen molar-refractivity contribution in [3.8, 4) is 0 Å². The van der Waals surface area contributed by atoms with Crippen LogP contribution < -0.4 is 5.32 Å². The second kappa shape index (κ2) is 8.84. The van der Waals surface area contributed by atoms with Crippen LogP contribution in [0.5, 0.6) is 0 Å². The summed E-state index contributed by atoms with van der Waals surface area (Å²) in [6.07, 6.45) is 7.70. The van der Waals surface area contributed by atoms with E-state index in [-0.39, 0.29) is 24.3 Å². The predicted octanol–water partition coefficient (Wildman–Crippen LogP) is 3.30. The number of benzene rings is 1. The molecule has 1 aliphatic heterocycles. The molecular formula is C21H28N4O2. The van der Waals surface area contributed by atoms with E-state index in [2.05, 4.69) is 14.9 Å². The van der Waals surface area contributed by atoms with Gasteiger partial charge in [0.15, 0.2) is 0 Å². The first-order valence-corrected chi connectivity index (χ1v) is 9.67. The fraction of sp³-hybridized carbons (Fsp3) is 0.476. The molecule has 0 bridgehead atoms. The largest absolute Gasteiger partial charge is 0.339 e. The number of imidazole rings is 1. The third-order valence-corrected chi connectivity index (χ3v) is 5.31. The molecule has 0 saturated carbocycles. The third kappa shape index (κ3) is 4.96. The maximum Gasteiger partial charge on any atom is 0.233 e. The summed E-state index contributed by atoms with van der Waals surface area (Å²) in [7, 11) is 0. The van der Waals surface area contributed by atoms with Gasteiger partial charge in [-0.2, -0.15) is 0 Å². The molecule has 27 heavy (non-hydrogen) atoms. The summed E-state index contributed by atoms with van der Waals surface area (Å²) >= 11 is 0. The Bertz CT molecular complexity index is 799. The fourth-order valence-corrected chi connectivity index (χ4v) is 3.70. The minimum atomic E-state index is -0.246. The predicted molar refractivity (Wildman–Crippen MR) is 105 cm³/mol. The summed E-state index contributed by atoms with van der Waals surface area (Å²) in [6, 6.07) is 7.80. The van der Waals surface area contributed by atoms with Gasteiger partial charge in [0.25, 0.3) is 0 Å². The highest BCUT2D eigenvalue weighted by Crippen LogP contribution is 2.22. The van der Waals surface area contributed by atoms with E-state index in [1.807, 2.05) is 49.2 Å². The van der Waals surface area contributed by atoms with Crippen LogP contribution in [-0.2, 0) is 16.1 Å². The molecule has 1 fully saturated rings. The molecular weight excluding hydrogens is 340 g/mol. The first kappa shape index (κ1) is 19.1. The van der Waals surface area contributed by atoms with E-state index in [1.165, 1.54) is 0 Å². The lowest BCUT2D eigenvalue weighted by molar-refractivity contribution is -0.137. The molecule has 6 heteroatoms. The van der Waals surface area contributed by atoms with Crippen molar-refractivity contribution in [3.05, 3.63) is 48.0 Å². The molecule has 2 aromatic rings. The number of amides is 2. The Hall–Kier alpha value is -2.63. The van der Waals surface area contributed by atoms with Gasteiger partial charge in [-0.25, -0.2) is 4.98 Å². The Morgan fingerprint density at radius 3 is 2.78 bits per heavy atom. The van der Waals surface area contributed by atoms with E-state index in [4.69, 9.17) is 0 Å². The minimum absolute atomic E-state index is 0.0758. The number of nitrogens with one attached hydrogen (secondary N) is 1. The van der Waals surface area contributed by atoms with Crippen molar-refractivity contribution in [2.24, 2.45) is 0 Å². The number of rotatable bonds is 6. The Morgan fingerprint density at radius 1 is 1.22 bits per heavy atom. The van der Waals surface area contributed by atoms with Crippen LogP contribution in [0.4, 0.5) is 5.69 Å². The lowest BCUT2D eigenvalue weighted by Crippen LogP contribution is -2.45. The number of nitrogens with zero attached hydrogens (tertiary/aromatic N) is 3. The van der Waals surface area contributed by atoms with Crippen LogP contribution in [0.1, 0.15) is 43.5 Å². The minimum Gasteiger partial charge on any atom is -0.339 e. The van der Waals surface area contributed by atoms with E-state index in [0.717, 1.165) is 55.8 Å². The van der Waals surface area contributed by atoms with Crippen molar-refractivity contribution in [1.29, 1.82) is 0 Å². The number of anilines is 1. The van der Waals surface area contributed by atoms with Crippen molar-refractivity contribution in [2.75, 3.05) is 11.9 Å². The highest BCUT2D eigenvalue weighted by molar-refractivity contribution is 6.03. The Labute approximate surface area is 160 Å². The number of carbonyl (C=O) groups is 2. The monoisotopic (exact) mass is 368 g/mol. The van der Waals surface area contributed by atoms with Crippen molar-refractivity contribution in [2.45, 2.75) is 58.5 Å². The van der Waals surface area contributed by atoms with Crippen LogP contribution >= 0.6 is 0 Å². The van der Waals surface area contributed by atoms with Gasteiger partial charge in [0, 0.05) is 37.2 Å². The molecule has 1 aromatic carbocycles. The summed E-state index contributed by atoms with van der Waals surface area (Å²) in [4.78, 5) is 31.3. The molecule has 0 spiro atoms. The van der Waals surface area contributed by atoms with Crippen LogP contribution in [0.3, 0.4) is 0 Å². The SMILES string of the molecule is Cc1ccccc1NC(=O)CC(=O)N1CCCC[C@H]1CCn1ccnc1C. The van der Waals surface area contributed by atoms with E-state index < -0.39 is 0 Å². The maximum atomic E-state index is 12.8. The molecule has 1 atom stereocenters. The molecule has 0 unspecified atom stereocenters. The summed E-state index contributed by atoms with van der Waals surface area (Å²) < 4.78 is 2.11. The standard InChI is InChI=1S/C21H28N4O2/c1-16-7-3-4-9-19(16)23-20(26)15-21(27)25-12-6-5-8-18(25)10-13-24-14-11-22-17(24)2/h3-4,7,9,11,14,18H,5-6,8,10,12-13,15H2,1-2H3,(H,23,26)/t18-/m0/s1. The molecule has 2 amide bonds. The first-order valence-electron chi connectivity index (χ1n) is 9.67. The summed E-state index contributed by atoms with van der Waals surface area (Å²) in [6.45, 7) is 5.51. The van der Waals surface area contributed by atoms with E-state index in [9.17, 15) is 9.59 Å². The van der Waals surface area contributed by atoms with Crippen LogP contribution in [0.2, 0.25) is 0 Å². The van der Waals surface area contributed by atoms with Gasteiger partial charge in [0.2, 0.25) is 11.8 Å². The van der Waals surface area contributed by atoms with Crippen molar-refractivity contribution in [3.63, 3.8) is 0 Å². The highest BCUT2D eigenvalue weighted by Gasteiger charge is 2.27. The number of carbonyl (C=O) groups excluding carboxylic acids is 2. The normalized spacial score (nSPS) is 17.0. The number of likely N-dealkylation sites (tertiary alicyclic amines) is 1. The molecule has 1 aliphatic rings. The molecule has 3 rings (SSSR count). The van der Waals surface area contributed by atoms with Crippen LogP contribution in [0.25, 0.3) is 0 Å². The second-order valence-corrected chi connectivity index (χ2v) is 7.23. The zero-order valence-electron chi connectivity index (χ0n) is 16.1. The zero-order valence-corrected chi connectivity index (χ0v) is 16.1. The lowest BCUT2D eigenvalue weighted by Gasteiger charge is -2.36. The molecule has 144 valence electrons. The number of aryl methyl sites for hydroxylation is 3. The molecule has 1 aromatic heterocycles. The average molecular weight is 368 g/mol. The first-order chi connectivity index (χ1) is 13.0. The molecule has 1 N–H and O–H groups in total. The van der Waals surface area contributed by atoms with Crippen molar-refractivity contribution in [1.82, 2.24) is 14.5 Å². The maximum absolute atomic E-state index is 12.8. The quantitative estimate of drug-likeness (QED) is 0.796. The van der Waals surface area contributed by atoms with Gasteiger partial charge in [-0.3, -0.25) is 9.59 Å². The van der Waals surface area contributed by atoms with Crippen LogP contribution in [0.15, 0.2) is 36.7 Å². The number of para-hydroxylation sites is 1. The van der Waals surface area contributed by atoms with Crippen LogP contribution in [-0.4, -0.2) is 38.9 Å². The van der Waals surface area contributed by atoms with Gasteiger partial charge in [-0.05, 0) is 51.2 Å². The van der Waals surface area contributed by atoms with Crippen molar-refractivity contribution < 1.29 is 9.59 Å². The molecule has 2 heterocycles. The van der Waals surface area contributed by atoms with Gasteiger partial charge in [0.05, 0.1) is 0 Å². The highest BCUT2D eigenvalue weighted by atomic mass is 16.2. The van der Waals surface area contributed by atoms with Crippen molar-refractivity contribution >= 4 is 17.5 Å². The van der Waals surface area contributed by atoms with Crippen LogP contribution in [0, 0.1) is 13.8 Å². The Kier molecular flexibility index (Phi) is 6.27. The summed E-state index contributed by atoms with van der Waals surface area (Å²) in [5.41, 5.74) is 1.76. The van der Waals surface area contributed by atoms with Gasteiger partial charge in [-0.1, -0.05) is 18.2 Å². The second-order valence-electron chi connectivity index (χ2n) is 7.23. The Morgan fingerprint density at radius 2 is 2.04 bits per heavy atom. The van der Waals surface area contributed by atoms with E-state index in [1.54, 1.807) is 6.20 Å². The lowest BCUT2D eigenvalue weighted by atomic mass is 9.98. The van der Waals surface area contributed by atoms with Gasteiger partial charge >= 0.3 is 0 Å². The molecule has 0 radical (unpaired) electrons. The smallest absolute Gasteiger partial charge is 0.233 e. The summed E-state index contributed by atoms with van der Waals surface area (Å²) in [5.74, 6) is 0.665. The number of hydrogen-bond acceptors (Lipinski definition) is 3. The third-order valence-electron chi connectivity index (χ3n) is 5.31. The Balaban J connectivity index is 1.57. The van der Waals surface area contributed by atoms with E-state index >= 15 is 0 Å². The van der Waals surface area contributed by atoms with Gasteiger partial charge < -0.3 is 14.8 Å². The molecule has 0 aliphatic carbocycles. The topological polar surface area (TPSA) is 67.2 Å². The number of aromatic nitrogens is 2. The van der Waals surface area contributed by atoms with Gasteiger partial charge in [0.1, 0.15) is 12.2 Å². The zero-order chi connectivity index (χ0) is 19.2. The number of piperidine rings is 1.